The Morgan fingerprint density at radius 1 is 1.03 bits per heavy atom. The molecule has 1 amide bonds. The van der Waals surface area contributed by atoms with E-state index in [1.165, 1.54) is 32.3 Å². The zero-order chi connectivity index (χ0) is 26.4. The van der Waals surface area contributed by atoms with Crippen molar-refractivity contribution in [2.45, 2.75) is 25.8 Å². The molecule has 0 radical (unpaired) electrons. The highest BCUT2D eigenvalue weighted by Gasteiger charge is 2.46. The van der Waals surface area contributed by atoms with Crippen LogP contribution in [0.15, 0.2) is 35.9 Å². The van der Waals surface area contributed by atoms with Crippen molar-refractivity contribution in [3.8, 4) is 17.2 Å². The van der Waals surface area contributed by atoms with E-state index in [1.807, 2.05) is 0 Å². The summed E-state index contributed by atoms with van der Waals surface area (Å²) in [7, 11) is 4.25. The summed E-state index contributed by atoms with van der Waals surface area (Å²) in [5, 5.41) is 11.5. The molecule has 8 nitrogen and oxygen atoms in total. The first-order valence-electron chi connectivity index (χ1n) is 11.4. The number of nitrogens with zero attached hydrogens (tertiary/aromatic N) is 1. The van der Waals surface area contributed by atoms with Gasteiger partial charge in [0.1, 0.15) is 16.5 Å². The largest absolute Gasteiger partial charge is 0.507 e. The molecule has 1 unspecified atom stereocenters. The Morgan fingerprint density at radius 3 is 2.28 bits per heavy atom. The molecule has 0 aromatic heterocycles. The van der Waals surface area contributed by atoms with E-state index < -0.39 is 23.5 Å². The average molecular weight is 538 g/mol. The van der Waals surface area contributed by atoms with Crippen LogP contribution in [0.3, 0.4) is 0 Å². The maximum atomic E-state index is 13.2. The highest BCUT2D eigenvalue weighted by atomic mass is 35.5. The van der Waals surface area contributed by atoms with E-state index in [0.29, 0.717) is 17.9 Å². The van der Waals surface area contributed by atoms with Gasteiger partial charge in [0.2, 0.25) is 0 Å². The van der Waals surface area contributed by atoms with E-state index in [1.54, 1.807) is 24.3 Å². The number of carbonyl (C=O) groups is 2. The number of likely N-dealkylation sites (tertiary alicyclic amines) is 1. The van der Waals surface area contributed by atoms with Gasteiger partial charge in [-0.3, -0.25) is 9.59 Å². The summed E-state index contributed by atoms with van der Waals surface area (Å²) < 4.78 is 21.5. The van der Waals surface area contributed by atoms with Gasteiger partial charge < -0.3 is 29.0 Å². The number of ether oxygens (including phenoxy) is 4. The van der Waals surface area contributed by atoms with Crippen LogP contribution in [0, 0.1) is 0 Å². The fraction of sp³-hybridized carbons (Fsp3) is 0.385. The second kappa shape index (κ2) is 12.3. The van der Waals surface area contributed by atoms with Crippen LogP contribution >= 0.6 is 23.2 Å². The van der Waals surface area contributed by atoms with E-state index >= 15 is 0 Å². The van der Waals surface area contributed by atoms with E-state index in [-0.39, 0.29) is 45.8 Å². The van der Waals surface area contributed by atoms with Gasteiger partial charge in [-0.05, 0) is 30.2 Å². The first-order chi connectivity index (χ1) is 17.3. The fourth-order valence-corrected chi connectivity index (χ4v) is 4.71. The molecular weight excluding hydrogens is 509 g/mol. The fourth-order valence-electron chi connectivity index (χ4n) is 4.02. The number of Topliss-reactive ketones (excluding diaryl/α,β-unsaturated/α-hetero) is 1. The van der Waals surface area contributed by atoms with Gasteiger partial charge in [0.25, 0.3) is 11.7 Å². The Kier molecular flexibility index (Phi) is 9.48. The minimum absolute atomic E-state index is 0.0211. The molecule has 2 aromatic carbocycles. The van der Waals surface area contributed by atoms with Crippen molar-refractivity contribution in [3.05, 3.63) is 57.1 Å². The summed E-state index contributed by atoms with van der Waals surface area (Å²) in [5.74, 6) is -1.20. The van der Waals surface area contributed by atoms with Gasteiger partial charge in [-0.1, -0.05) is 48.7 Å². The van der Waals surface area contributed by atoms with E-state index in [0.717, 1.165) is 12.8 Å². The van der Waals surface area contributed by atoms with Gasteiger partial charge in [0.15, 0.2) is 11.5 Å². The number of unbranched alkanes of at least 4 members (excludes halogenated alkanes) is 1. The summed E-state index contributed by atoms with van der Waals surface area (Å²) in [6.07, 6.45) is 1.93. The Hall–Kier alpha value is -2.94. The second-order valence-electron chi connectivity index (χ2n) is 8.04. The minimum Gasteiger partial charge on any atom is -0.507 e. The first kappa shape index (κ1) is 27.6. The number of benzene rings is 2. The lowest BCUT2D eigenvalue weighted by atomic mass is 9.95. The van der Waals surface area contributed by atoms with Crippen LogP contribution in [0.25, 0.3) is 5.76 Å². The topological polar surface area (TPSA) is 94.5 Å². The van der Waals surface area contributed by atoms with Crippen LogP contribution in [0.2, 0.25) is 10.0 Å². The molecule has 194 valence electrons. The Labute approximate surface area is 220 Å². The molecule has 0 aliphatic carbocycles. The summed E-state index contributed by atoms with van der Waals surface area (Å²) in [6, 6.07) is 7.55. The molecule has 1 aliphatic heterocycles. The van der Waals surface area contributed by atoms with Crippen LogP contribution < -0.4 is 14.2 Å². The van der Waals surface area contributed by atoms with Crippen LogP contribution in [0.4, 0.5) is 0 Å². The molecule has 0 saturated carbocycles. The lowest BCUT2D eigenvalue weighted by Gasteiger charge is -2.25. The molecule has 10 heteroatoms. The van der Waals surface area contributed by atoms with Crippen LogP contribution in [-0.4, -0.2) is 62.8 Å². The molecule has 1 saturated heterocycles. The smallest absolute Gasteiger partial charge is 0.295 e. The predicted octanol–water partition coefficient (Wildman–Crippen LogP) is 5.26. The van der Waals surface area contributed by atoms with Crippen molar-refractivity contribution in [1.82, 2.24) is 4.90 Å². The number of methoxy groups -OCH3 is 3. The molecule has 2 aromatic rings. The third-order valence-electron chi connectivity index (χ3n) is 5.83. The third-order valence-corrected chi connectivity index (χ3v) is 6.46. The quantitative estimate of drug-likeness (QED) is 0.181. The molecule has 1 heterocycles. The van der Waals surface area contributed by atoms with Crippen LogP contribution in [0.1, 0.15) is 36.9 Å². The number of aliphatic hydroxyl groups is 1. The van der Waals surface area contributed by atoms with Gasteiger partial charge >= 0.3 is 0 Å². The number of aliphatic hydroxyl groups excluding tert-OH is 1. The van der Waals surface area contributed by atoms with E-state index in [4.69, 9.17) is 42.1 Å². The number of halogens is 2. The first-order valence-corrected chi connectivity index (χ1v) is 12.2. The molecule has 1 atom stereocenters. The van der Waals surface area contributed by atoms with Crippen LogP contribution in [0.5, 0.6) is 17.2 Å². The standard InChI is InChI=1S/C26H29Cl2NO7/c1-5-6-12-36-16-9-7-15(8-10-16)21-19(23(31)26(32)29(21)11-13-33-2)22(30)17-14-18(27)25(35-4)20(28)24(17)34-3/h7-10,14,21,30H,5-6,11-13H2,1-4H3/b22-19+. The summed E-state index contributed by atoms with van der Waals surface area (Å²) >= 11 is 12.7. The minimum atomic E-state index is -0.880. The van der Waals surface area contributed by atoms with Gasteiger partial charge in [-0.15, -0.1) is 0 Å². The molecule has 1 fully saturated rings. The zero-order valence-corrected chi connectivity index (χ0v) is 22.1. The number of ketones is 1. The van der Waals surface area contributed by atoms with Crippen molar-refractivity contribution < 1.29 is 33.6 Å². The second-order valence-corrected chi connectivity index (χ2v) is 8.83. The number of hydrogen-bond acceptors (Lipinski definition) is 7. The van der Waals surface area contributed by atoms with Crippen molar-refractivity contribution in [2.75, 3.05) is 41.1 Å². The molecule has 3 rings (SSSR count). The molecule has 0 spiro atoms. The Morgan fingerprint density at radius 2 is 1.69 bits per heavy atom. The molecule has 36 heavy (non-hydrogen) atoms. The number of carbonyl (C=O) groups excluding carboxylic acids is 2. The van der Waals surface area contributed by atoms with Crippen molar-refractivity contribution in [1.29, 1.82) is 0 Å². The number of amides is 1. The highest BCUT2D eigenvalue weighted by molar-refractivity contribution is 6.47. The maximum Gasteiger partial charge on any atom is 0.295 e. The summed E-state index contributed by atoms with van der Waals surface area (Å²) in [5.41, 5.74) is 0.549. The van der Waals surface area contributed by atoms with Crippen molar-refractivity contribution in [2.24, 2.45) is 0 Å². The maximum absolute atomic E-state index is 13.2. The van der Waals surface area contributed by atoms with Gasteiger partial charge in [-0.25, -0.2) is 0 Å². The zero-order valence-electron chi connectivity index (χ0n) is 20.6. The van der Waals surface area contributed by atoms with Gasteiger partial charge in [0, 0.05) is 13.7 Å². The van der Waals surface area contributed by atoms with Gasteiger partial charge in [-0.2, -0.15) is 0 Å². The predicted molar refractivity (Wildman–Crippen MR) is 137 cm³/mol. The lowest BCUT2D eigenvalue weighted by Crippen LogP contribution is -2.32. The average Bonchev–Trinajstić information content (AvgIpc) is 3.12. The summed E-state index contributed by atoms with van der Waals surface area (Å²) in [6.45, 7) is 3.00. The molecule has 1 aliphatic rings. The van der Waals surface area contributed by atoms with Crippen LogP contribution in [-0.2, 0) is 14.3 Å². The molecule has 0 bridgehead atoms. The third kappa shape index (κ3) is 5.40. The number of rotatable bonds is 11. The SMILES string of the molecule is CCCCOc1ccc(C2/C(=C(\O)c3cc(Cl)c(OC)c(Cl)c3OC)C(=O)C(=O)N2CCOC)cc1. The van der Waals surface area contributed by atoms with E-state index in [9.17, 15) is 14.7 Å². The summed E-state index contributed by atoms with van der Waals surface area (Å²) in [4.78, 5) is 27.6. The van der Waals surface area contributed by atoms with Crippen molar-refractivity contribution >= 4 is 40.7 Å². The molecule has 1 N–H and O–H groups in total. The van der Waals surface area contributed by atoms with Crippen molar-refractivity contribution in [3.63, 3.8) is 0 Å². The highest BCUT2D eigenvalue weighted by Crippen LogP contribution is 2.47. The Balaban J connectivity index is 2.16. The van der Waals surface area contributed by atoms with Gasteiger partial charge in [0.05, 0.1) is 49.6 Å². The lowest BCUT2D eigenvalue weighted by molar-refractivity contribution is -0.140. The number of hydrogen-bond donors (Lipinski definition) is 1. The monoisotopic (exact) mass is 537 g/mol. The van der Waals surface area contributed by atoms with E-state index in [2.05, 4.69) is 6.92 Å². The Bertz CT molecular complexity index is 1150. The normalized spacial score (nSPS) is 16.9. The molecular formula is C26H29Cl2NO7.